The maximum atomic E-state index is 12.3. The maximum absolute atomic E-state index is 12.3. The number of hydrogen-bond acceptors (Lipinski definition) is 5. The molecule has 0 aliphatic rings. The molecule has 2 rings (SSSR count). The van der Waals surface area contributed by atoms with E-state index in [-0.39, 0.29) is 17.1 Å². The number of nitrogens with two attached hydrogens (primary N) is 1. The van der Waals surface area contributed by atoms with Gasteiger partial charge in [-0.15, -0.1) is 0 Å². The molecule has 1 heterocycles. The van der Waals surface area contributed by atoms with Gasteiger partial charge in [0, 0.05) is 16.6 Å². The van der Waals surface area contributed by atoms with Crippen molar-refractivity contribution in [3.8, 4) is 0 Å². The van der Waals surface area contributed by atoms with Gasteiger partial charge in [-0.1, -0.05) is 21.1 Å². The number of nitrogens with zero attached hydrogens (tertiary/aromatic N) is 1. The van der Waals surface area contributed by atoms with E-state index in [1.165, 1.54) is 12.1 Å². The Bertz CT molecular complexity index is 721. The smallest absolute Gasteiger partial charge is 0.242 e. The van der Waals surface area contributed by atoms with Gasteiger partial charge in [0.25, 0.3) is 0 Å². The van der Waals surface area contributed by atoms with Crippen LogP contribution in [0.4, 0.5) is 5.69 Å². The molecule has 0 radical (unpaired) electrons. The third kappa shape index (κ3) is 3.02. The number of hydrogen-bond donors (Lipinski definition) is 2. The number of rotatable bonds is 4. The summed E-state index contributed by atoms with van der Waals surface area (Å²) in [5.74, 6) is 0.590. The van der Waals surface area contributed by atoms with Crippen molar-refractivity contribution in [3.63, 3.8) is 0 Å². The second kappa shape index (κ2) is 5.55. The van der Waals surface area contributed by atoms with E-state index < -0.39 is 10.0 Å². The summed E-state index contributed by atoms with van der Waals surface area (Å²) in [6.45, 7) is 3.60. The van der Waals surface area contributed by atoms with Crippen LogP contribution < -0.4 is 10.5 Å². The lowest BCUT2D eigenvalue weighted by atomic mass is 10.2. The van der Waals surface area contributed by atoms with Gasteiger partial charge in [0.15, 0.2) is 0 Å². The van der Waals surface area contributed by atoms with E-state index in [1.54, 1.807) is 19.9 Å². The van der Waals surface area contributed by atoms with E-state index in [1.807, 2.05) is 0 Å². The summed E-state index contributed by atoms with van der Waals surface area (Å²) in [6.07, 6.45) is 0. The predicted octanol–water partition coefficient (Wildman–Crippen LogP) is 2.11. The Balaban J connectivity index is 2.26. The number of nitrogens with one attached hydrogen (secondary N) is 1. The van der Waals surface area contributed by atoms with Gasteiger partial charge in [0.2, 0.25) is 10.0 Å². The number of halogens is 1. The maximum Gasteiger partial charge on any atom is 0.242 e. The van der Waals surface area contributed by atoms with E-state index in [4.69, 9.17) is 10.3 Å². The van der Waals surface area contributed by atoms with Crippen molar-refractivity contribution in [1.29, 1.82) is 0 Å². The number of anilines is 1. The summed E-state index contributed by atoms with van der Waals surface area (Å²) < 4.78 is 32.7. The lowest BCUT2D eigenvalue weighted by molar-refractivity contribution is 0.392. The van der Waals surface area contributed by atoms with Crippen LogP contribution in [0.5, 0.6) is 0 Å². The Labute approximate surface area is 125 Å². The Kier molecular flexibility index (Phi) is 4.17. The van der Waals surface area contributed by atoms with Crippen LogP contribution in [0.1, 0.15) is 17.0 Å². The molecule has 0 fully saturated rings. The van der Waals surface area contributed by atoms with Crippen molar-refractivity contribution in [2.45, 2.75) is 25.3 Å². The van der Waals surface area contributed by atoms with Crippen LogP contribution in [0.25, 0.3) is 0 Å². The number of aromatic nitrogens is 1. The minimum Gasteiger partial charge on any atom is -0.398 e. The average molecular weight is 360 g/mol. The first-order valence-electron chi connectivity index (χ1n) is 5.77. The lowest BCUT2D eigenvalue weighted by Gasteiger charge is -2.09. The second-order valence-electron chi connectivity index (χ2n) is 4.31. The third-order valence-corrected chi connectivity index (χ3v) is 4.84. The van der Waals surface area contributed by atoms with Gasteiger partial charge >= 0.3 is 0 Å². The van der Waals surface area contributed by atoms with Gasteiger partial charge in [-0.3, -0.25) is 0 Å². The van der Waals surface area contributed by atoms with Gasteiger partial charge < -0.3 is 10.3 Å². The third-order valence-electron chi connectivity index (χ3n) is 2.89. The van der Waals surface area contributed by atoms with Gasteiger partial charge in [0.05, 0.1) is 11.4 Å². The predicted molar refractivity (Wildman–Crippen MR) is 78.6 cm³/mol. The summed E-state index contributed by atoms with van der Waals surface area (Å²) >= 11 is 3.23. The Morgan fingerprint density at radius 2 is 2.10 bits per heavy atom. The fourth-order valence-electron chi connectivity index (χ4n) is 1.74. The highest BCUT2D eigenvalue weighted by atomic mass is 79.9. The van der Waals surface area contributed by atoms with Crippen LogP contribution in [0.3, 0.4) is 0 Å². The zero-order chi connectivity index (χ0) is 14.9. The first kappa shape index (κ1) is 15.0. The van der Waals surface area contributed by atoms with Crippen molar-refractivity contribution in [1.82, 2.24) is 9.88 Å². The summed E-state index contributed by atoms with van der Waals surface area (Å²) in [4.78, 5) is 0.0404. The molecule has 3 N–H and O–H groups in total. The molecule has 8 heteroatoms. The Hall–Kier alpha value is -1.38. The van der Waals surface area contributed by atoms with Crippen LogP contribution in [-0.4, -0.2) is 13.6 Å². The first-order valence-corrected chi connectivity index (χ1v) is 8.05. The molecule has 20 heavy (non-hydrogen) atoms. The van der Waals surface area contributed by atoms with E-state index in [2.05, 4.69) is 25.8 Å². The minimum absolute atomic E-state index is 0.0404. The molecule has 0 aliphatic heterocycles. The molecular formula is C12H14BrN3O3S. The van der Waals surface area contributed by atoms with Crippen molar-refractivity contribution in [2.75, 3.05) is 5.73 Å². The minimum atomic E-state index is -3.70. The van der Waals surface area contributed by atoms with Gasteiger partial charge in [0.1, 0.15) is 10.7 Å². The van der Waals surface area contributed by atoms with Gasteiger partial charge in [-0.2, -0.15) is 0 Å². The standard InChI is InChI=1S/C12H14BrN3O3S/c1-7-10(8(2)19-16-7)6-15-20(17,18)12-5-9(13)3-4-11(12)14/h3-5,15H,6,14H2,1-2H3. The van der Waals surface area contributed by atoms with Crippen LogP contribution in [0, 0.1) is 13.8 Å². The first-order chi connectivity index (χ1) is 9.31. The van der Waals surface area contributed by atoms with Crippen molar-refractivity contribution in [3.05, 3.63) is 39.7 Å². The highest BCUT2D eigenvalue weighted by Gasteiger charge is 2.19. The molecule has 0 spiro atoms. The molecule has 0 unspecified atom stereocenters. The fraction of sp³-hybridized carbons (Fsp3) is 0.250. The normalized spacial score (nSPS) is 11.8. The molecule has 0 aliphatic carbocycles. The summed E-state index contributed by atoms with van der Waals surface area (Å²) in [5.41, 5.74) is 7.29. The molecule has 0 saturated heterocycles. The van der Waals surface area contributed by atoms with E-state index in [9.17, 15) is 8.42 Å². The SMILES string of the molecule is Cc1noc(C)c1CNS(=O)(=O)c1cc(Br)ccc1N. The highest BCUT2D eigenvalue weighted by molar-refractivity contribution is 9.10. The zero-order valence-corrected chi connectivity index (χ0v) is 13.4. The zero-order valence-electron chi connectivity index (χ0n) is 11.0. The monoisotopic (exact) mass is 359 g/mol. The van der Waals surface area contributed by atoms with Crippen molar-refractivity contribution >= 4 is 31.6 Å². The molecular weight excluding hydrogens is 346 g/mol. The van der Waals surface area contributed by atoms with E-state index in [0.29, 0.717) is 15.9 Å². The Morgan fingerprint density at radius 3 is 2.70 bits per heavy atom. The van der Waals surface area contributed by atoms with Crippen LogP contribution in [0.15, 0.2) is 32.1 Å². The van der Waals surface area contributed by atoms with E-state index >= 15 is 0 Å². The topological polar surface area (TPSA) is 98.2 Å². The van der Waals surface area contributed by atoms with E-state index in [0.717, 1.165) is 5.56 Å². The molecule has 1 aromatic carbocycles. The Morgan fingerprint density at radius 1 is 1.40 bits per heavy atom. The largest absolute Gasteiger partial charge is 0.398 e. The van der Waals surface area contributed by atoms with Gasteiger partial charge in [-0.05, 0) is 32.0 Å². The number of nitrogen functional groups attached to an aromatic ring is 1. The van der Waals surface area contributed by atoms with Crippen LogP contribution in [0.2, 0.25) is 0 Å². The quantitative estimate of drug-likeness (QED) is 0.814. The number of benzene rings is 1. The molecule has 108 valence electrons. The lowest BCUT2D eigenvalue weighted by Crippen LogP contribution is -2.24. The molecule has 6 nitrogen and oxygen atoms in total. The number of aryl methyl sites for hydroxylation is 2. The van der Waals surface area contributed by atoms with Crippen LogP contribution in [-0.2, 0) is 16.6 Å². The molecule has 0 saturated carbocycles. The second-order valence-corrected chi connectivity index (χ2v) is 6.96. The van der Waals surface area contributed by atoms with Crippen LogP contribution >= 0.6 is 15.9 Å². The molecule has 2 aromatic rings. The van der Waals surface area contributed by atoms with Gasteiger partial charge in [-0.25, -0.2) is 13.1 Å². The highest BCUT2D eigenvalue weighted by Crippen LogP contribution is 2.23. The summed E-state index contributed by atoms with van der Waals surface area (Å²) in [5, 5.41) is 3.78. The average Bonchev–Trinajstić information content (AvgIpc) is 2.69. The number of sulfonamides is 1. The molecule has 0 atom stereocenters. The fourth-order valence-corrected chi connectivity index (χ4v) is 3.40. The van der Waals surface area contributed by atoms with Crippen molar-refractivity contribution < 1.29 is 12.9 Å². The molecule has 0 bridgehead atoms. The van der Waals surface area contributed by atoms with Crippen molar-refractivity contribution in [2.24, 2.45) is 0 Å². The molecule has 0 amide bonds. The summed E-state index contributed by atoms with van der Waals surface area (Å²) in [6, 6.07) is 4.68. The summed E-state index contributed by atoms with van der Waals surface area (Å²) in [7, 11) is -3.70. The molecule has 1 aromatic heterocycles.